The summed E-state index contributed by atoms with van der Waals surface area (Å²) < 4.78 is 4.36. The number of hydrogen-bond donors (Lipinski definition) is 3. The Bertz CT molecular complexity index is 1330. The van der Waals surface area contributed by atoms with E-state index in [4.69, 9.17) is 15.2 Å². The van der Waals surface area contributed by atoms with Crippen LogP contribution in [0.3, 0.4) is 0 Å². The number of carboxylic acid groups (broad SMARTS) is 1. The molecule has 0 aliphatic rings. The number of ketones is 2. The van der Waals surface area contributed by atoms with Gasteiger partial charge in [-0.05, 0) is 24.3 Å². The topological polar surface area (TPSA) is 228 Å². The molecule has 0 aromatic carbocycles. The zero-order valence-electron chi connectivity index (χ0n) is 22.2. The van der Waals surface area contributed by atoms with Crippen LogP contribution in [0.4, 0.5) is 0 Å². The van der Waals surface area contributed by atoms with Gasteiger partial charge in [0.15, 0.2) is 0 Å². The molecule has 0 fully saturated rings. The molecule has 0 saturated carbocycles. The molecule has 17 heteroatoms. The normalized spacial score (nSPS) is 8.53. The fourth-order valence-electron chi connectivity index (χ4n) is 2.60. The molecule has 0 aliphatic carbocycles. The molecule has 0 atom stereocenters. The number of aliphatic hydroxyl groups excluding tert-OH is 1. The SMILES string of the molecule is CO.COC(=O)C(=O)c1c[nH]c2ncccc12.O=C([O-])C(=O)c1c[nH]c2ncccc12.O=CO[O-].[H-].[K+].[K+].[K+]. The van der Waals surface area contributed by atoms with Crippen LogP contribution in [-0.4, -0.2) is 69.2 Å². The number of aromatic amines is 2. The summed E-state index contributed by atoms with van der Waals surface area (Å²) in [6, 6.07) is 6.66. The molecule has 0 unspecified atom stereocenters. The Balaban J connectivity index is -0.000000241. The monoisotopic (exact) mass is 604 g/mol. The van der Waals surface area contributed by atoms with Gasteiger partial charge in [-0.3, -0.25) is 14.4 Å². The Kier molecular flexibility index (Phi) is 26.4. The number of methoxy groups -OCH3 is 1. The molecule has 0 spiro atoms. The molecule has 0 saturated heterocycles. The van der Waals surface area contributed by atoms with Crippen molar-refractivity contribution < 1.29 is 205 Å². The number of ether oxygens (including phenoxy) is 1. The van der Waals surface area contributed by atoms with Crippen LogP contribution < -0.4 is 165 Å². The molecule has 0 radical (unpaired) electrons. The number of Topliss-reactive ketones (excluding diaryl/α,β-unsaturated/α-hetero) is 2. The van der Waals surface area contributed by atoms with Gasteiger partial charge in [-0.25, -0.2) is 14.8 Å². The van der Waals surface area contributed by atoms with Crippen molar-refractivity contribution in [2.24, 2.45) is 0 Å². The maximum atomic E-state index is 11.5. The van der Waals surface area contributed by atoms with E-state index >= 15 is 0 Å². The van der Waals surface area contributed by atoms with Gasteiger partial charge in [0.1, 0.15) is 17.3 Å². The zero-order chi connectivity index (χ0) is 26.4. The Labute approximate surface area is 344 Å². The molecule has 14 nitrogen and oxygen atoms in total. The molecular weight excluding hydrogens is 586 g/mol. The van der Waals surface area contributed by atoms with Gasteiger partial charge in [0.25, 0.3) is 12.3 Å². The van der Waals surface area contributed by atoms with Crippen molar-refractivity contribution in [3.8, 4) is 0 Å². The van der Waals surface area contributed by atoms with Gasteiger partial charge in [0.2, 0.25) is 5.78 Å². The Hall–Kier alpha value is -0.0409. The second kappa shape index (κ2) is 23.6. The number of carbonyl (C=O) groups excluding carboxylic acids is 5. The maximum absolute atomic E-state index is 11.5. The standard InChI is InChI=1S/C10H8N2O3.C9H6N2O3.CH2O3.CH4O.3K.H/c1-15-10(14)8(13)7-5-12-9-6(7)3-2-4-11-9;12-7(9(13)14)6-4-11-8-5(6)2-1-3-10-8;2-1-4-3;1-2;;;;/h2-5H,1H3,(H,11,12);1-4H,(H,10,11)(H,13,14);1,3H;2H,1H3;;;;/q;;;;3*+1;-1/p-2. The van der Waals surface area contributed by atoms with Crippen molar-refractivity contribution in [2.45, 2.75) is 0 Å². The second-order valence-corrected chi connectivity index (χ2v) is 5.83. The number of H-pyrrole nitrogens is 2. The van der Waals surface area contributed by atoms with Crippen LogP contribution in [0.5, 0.6) is 0 Å². The molecule has 0 bridgehead atoms. The number of pyridine rings is 2. The van der Waals surface area contributed by atoms with Crippen LogP contribution in [0.1, 0.15) is 22.1 Å². The summed E-state index contributed by atoms with van der Waals surface area (Å²) in [5, 5.41) is 26.9. The van der Waals surface area contributed by atoms with Crippen molar-refractivity contribution in [1.29, 1.82) is 0 Å². The summed E-state index contributed by atoms with van der Waals surface area (Å²) in [4.78, 5) is 68.7. The van der Waals surface area contributed by atoms with Gasteiger partial charge in [0.05, 0.1) is 18.2 Å². The molecule has 4 aromatic rings. The van der Waals surface area contributed by atoms with E-state index in [9.17, 15) is 24.3 Å². The number of rotatable bonds is 5. The number of carbonyl (C=O) groups is 5. The zero-order valence-corrected chi connectivity index (χ0v) is 30.6. The Morgan fingerprint density at radius 1 is 0.895 bits per heavy atom. The molecule has 38 heavy (non-hydrogen) atoms. The van der Waals surface area contributed by atoms with Crippen LogP contribution in [0, 0.1) is 0 Å². The minimum atomic E-state index is -1.71. The first-order valence-electron chi connectivity index (χ1n) is 9.25. The number of carboxylic acids is 1. The molecule has 4 aromatic heterocycles. The summed E-state index contributed by atoms with van der Waals surface area (Å²) in [6.07, 6.45) is 5.92. The molecule has 4 rings (SSSR count). The molecule has 4 heterocycles. The van der Waals surface area contributed by atoms with Crippen LogP contribution in [-0.2, 0) is 24.0 Å². The van der Waals surface area contributed by atoms with E-state index in [0.717, 1.165) is 7.11 Å². The van der Waals surface area contributed by atoms with E-state index in [-0.39, 0.29) is 173 Å². The van der Waals surface area contributed by atoms with Gasteiger partial charge in [-0.15, -0.1) is 0 Å². The minimum absolute atomic E-state index is 0. The largest absolute Gasteiger partial charge is 1.00 e. The number of aliphatic carboxylic acids is 1. The van der Waals surface area contributed by atoms with Crippen LogP contribution in [0.15, 0.2) is 49.1 Å². The van der Waals surface area contributed by atoms with Gasteiger partial charge in [0, 0.05) is 42.7 Å². The average molecular weight is 605 g/mol. The van der Waals surface area contributed by atoms with Gasteiger partial charge < -0.3 is 41.3 Å². The van der Waals surface area contributed by atoms with Crippen LogP contribution >= 0.6 is 0 Å². The second-order valence-electron chi connectivity index (χ2n) is 5.83. The maximum Gasteiger partial charge on any atom is 1.00 e. The predicted octanol–water partition coefficient (Wildman–Crippen LogP) is -10.4. The van der Waals surface area contributed by atoms with Gasteiger partial charge >= 0.3 is 160 Å². The summed E-state index contributed by atoms with van der Waals surface area (Å²) in [7, 11) is 2.17. The van der Waals surface area contributed by atoms with Crippen LogP contribution in [0.25, 0.3) is 22.1 Å². The van der Waals surface area contributed by atoms with Gasteiger partial charge in [-0.2, -0.15) is 0 Å². The number of nitrogens with zero attached hydrogens (tertiary/aromatic N) is 2. The van der Waals surface area contributed by atoms with Gasteiger partial charge in [-0.1, -0.05) is 0 Å². The summed E-state index contributed by atoms with van der Waals surface area (Å²) >= 11 is 0. The first-order chi connectivity index (χ1) is 16.8. The summed E-state index contributed by atoms with van der Waals surface area (Å²) in [5.41, 5.74) is 1.42. The Morgan fingerprint density at radius 3 is 1.63 bits per heavy atom. The van der Waals surface area contributed by atoms with Crippen LogP contribution in [0.2, 0.25) is 0 Å². The third-order valence-electron chi connectivity index (χ3n) is 3.99. The van der Waals surface area contributed by atoms with Crippen molar-refractivity contribution in [2.75, 3.05) is 14.2 Å². The van der Waals surface area contributed by atoms with E-state index in [1.165, 1.54) is 19.5 Å². The number of nitrogens with one attached hydrogen (secondary N) is 2. The molecule has 186 valence electrons. The molecule has 0 amide bonds. The quantitative estimate of drug-likeness (QED) is 0.0367. The van der Waals surface area contributed by atoms with E-state index < -0.39 is 23.5 Å². The number of fused-ring (bicyclic) bond motifs is 2. The number of esters is 1. The predicted molar refractivity (Wildman–Crippen MR) is 114 cm³/mol. The summed E-state index contributed by atoms with van der Waals surface area (Å²) in [5.74, 6) is -4.30. The first kappa shape index (κ1) is 42.4. The third-order valence-corrected chi connectivity index (χ3v) is 3.99. The average Bonchev–Trinajstić information content (AvgIpc) is 3.53. The van der Waals surface area contributed by atoms with E-state index in [2.05, 4.69) is 29.6 Å². The summed E-state index contributed by atoms with van der Waals surface area (Å²) in [6.45, 7) is -0.181. The van der Waals surface area contributed by atoms with Crippen molar-refractivity contribution >= 4 is 52.0 Å². The minimum Gasteiger partial charge on any atom is -1.00 e. The molecular formula is C21H19K3N4O10. The van der Waals surface area contributed by atoms with Crippen molar-refractivity contribution in [1.82, 2.24) is 19.9 Å². The van der Waals surface area contributed by atoms with E-state index in [0.29, 0.717) is 22.1 Å². The molecule has 3 N–H and O–H groups in total. The Morgan fingerprint density at radius 2 is 1.29 bits per heavy atom. The van der Waals surface area contributed by atoms with E-state index in [1.54, 1.807) is 36.7 Å². The number of aromatic nitrogens is 4. The van der Waals surface area contributed by atoms with E-state index in [1.807, 2.05) is 0 Å². The first-order valence-corrected chi connectivity index (χ1v) is 9.25. The number of aliphatic hydroxyl groups is 1. The van der Waals surface area contributed by atoms with Crippen molar-refractivity contribution in [3.05, 3.63) is 60.2 Å². The van der Waals surface area contributed by atoms with Crippen molar-refractivity contribution in [3.63, 3.8) is 0 Å². The molecule has 0 aliphatic heterocycles. The third kappa shape index (κ3) is 12.6. The fraction of sp³-hybridized carbons (Fsp3) is 0.0952. The fourth-order valence-corrected chi connectivity index (χ4v) is 2.60. The smallest absolute Gasteiger partial charge is 1.00 e. The number of hydrogen-bond acceptors (Lipinski definition) is 12.